The molecule has 2 aromatic heterocycles. The van der Waals surface area contributed by atoms with Crippen LogP contribution in [0, 0.1) is 0 Å². The molecule has 6 nitrogen and oxygen atoms in total. The Kier molecular flexibility index (Phi) is 3.96. The highest BCUT2D eigenvalue weighted by Gasteiger charge is 2.18. The molecule has 0 unspecified atom stereocenters. The van der Waals surface area contributed by atoms with Crippen LogP contribution in [0.3, 0.4) is 0 Å². The lowest BCUT2D eigenvalue weighted by Crippen LogP contribution is -2.45. The van der Waals surface area contributed by atoms with E-state index in [2.05, 4.69) is 43.0 Å². The topological polar surface area (TPSA) is 71.2 Å². The minimum atomic E-state index is 0.539. The van der Waals surface area contributed by atoms with Crippen molar-refractivity contribution in [3.8, 4) is 0 Å². The van der Waals surface area contributed by atoms with E-state index in [1.807, 2.05) is 24.5 Å². The van der Waals surface area contributed by atoms with Gasteiger partial charge >= 0.3 is 0 Å². The van der Waals surface area contributed by atoms with Crippen LogP contribution in [-0.4, -0.2) is 46.0 Å². The Morgan fingerprint density at radius 2 is 1.92 bits per heavy atom. The van der Waals surface area contributed by atoms with E-state index >= 15 is 0 Å². The predicted molar refractivity (Wildman–Crippen MR) is 95.7 cm³/mol. The molecule has 0 bridgehead atoms. The van der Waals surface area contributed by atoms with Crippen molar-refractivity contribution in [2.24, 2.45) is 0 Å². The number of rotatable bonds is 3. The molecule has 1 fully saturated rings. The van der Waals surface area contributed by atoms with Gasteiger partial charge < -0.3 is 10.6 Å². The summed E-state index contributed by atoms with van der Waals surface area (Å²) in [6.45, 7) is 5.03. The second-order valence-corrected chi connectivity index (χ2v) is 6.08. The van der Waals surface area contributed by atoms with Gasteiger partial charge in [-0.05, 0) is 29.8 Å². The van der Waals surface area contributed by atoms with Crippen molar-refractivity contribution in [1.82, 2.24) is 19.9 Å². The summed E-state index contributed by atoms with van der Waals surface area (Å²) >= 11 is 0. The van der Waals surface area contributed by atoms with Gasteiger partial charge in [0, 0.05) is 56.2 Å². The smallest absolute Gasteiger partial charge is 0.134 e. The Bertz CT molecular complexity index is 827. The number of pyridine rings is 1. The Morgan fingerprint density at radius 3 is 2.71 bits per heavy atom. The highest BCUT2D eigenvalue weighted by molar-refractivity contribution is 5.90. The van der Waals surface area contributed by atoms with E-state index in [-0.39, 0.29) is 0 Å². The summed E-state index contributed by atoms with van der Waals surface area (Å²) in [5.74, 6) is 0.539. The first kappa shape index (κ1) is 14.8. The van der Waals surface area contributed by atoms with Gasteiger partial charge in [0.05, 0.1) is 5.52 Å². The zero-order valence-electron chi connectivity index (χ0n) is 13.5. The van der Waals surface area contributed by atoms with Crippen LogP contribution in [0.4, 0.5) is 11.5 Å². The molecule has 0 spiro atoms. The maximum Gasteiger partial charge on any atom is 0.134 e. The number of aromatic nitrogens is 3. The molecule has 1 aromatic carbocycles. The van der Waals surface area contributed by atoms with Crippen LogP contribution in [0.1, 0.15) is 5.56 Å². The number of hydrogen-bond acceptors (Lipinski definition) is 6. The first-order chi connectivity index (χ1) is 11.8. The van der Waals surface area contributed by atoms with Crippen LogP contribution in [0.25, 0.3) is 10.9 Å². The first-order valence-electron chi connectivity index (χ1n) is 8.16. The number of nitrogens with two attached hydrogens (primary N) is 1. The summed E-state index contributed by atoms with van der Waals surface area (Å²) < 4.78 is 0. The Balaban J connectivity index is 1.45. The second kappa shape index (κ2) is 6.41. The van der Waals surface area contributed by atoms with Crippen molar-refractivity contribution in [2.45, 2.75) is 6.54 Å². The van der Waals surface area contributed by atoms with E-state index in [1.54, 1.807) is 0 Å². The summed E-state index contributed by atoms with van der Waals surface area (Å²) in [5.41, 5.74) is 9.32. The number of hydrogen-bond donors (Lipinski definition) is 1. The molecular formula is C18H20N6. The van der Waals surface area contributed by atoms with E-state index in [9.17, 15) is 0 Å². The molecule has 24 heavy (non-hydrogen) atoms. The highest BCUT2D eigenvalue weighted by atomic mass is 15.3. The van der Waals surface area contributed by atoms with Crippen molar-refractivity contribution >= 4 is 22.4 Å². The van der Waals surface area contributed by atoms with Crippen LogP contribution in [0.15, 0.2) is 49.1 Å². The third kappa shape index (κ3) is 3.00. The minimum Gasteiger partial charge on any atom is -0.383 e. The molecule has 3 heterocycles. The van der Waals surface area contributed by atoms with Gasteiger partial charge in [-0.1, -0.05) is 6.07 Å². The summed E-state index contributed by atoms with van der Waals surface area (Å²) in [6.07, 6.45) is 5.27. The monoisotopic (exact) mass is 320 g/mol. The lowest BCUT2D eigenvalue weighted by Gasteiger charge is -2.36. The van der Waals surface area contributed by atoms with Crippen molar-refractivity contribution in [2.75, 3.05) is 36.8 Å². The van der Waals surface area contributed by atoms with Crippen LogP contribution in [0.2, 0.25) is 0 Å². The lowest BCUT2D eigenvalue weighted by molar-refractivity contribution is 0.249. The summed E-state index contributed by atoms with van der Waals surface area (Å²) in [4.78, 5) is 17.4. The van der Waals surface area contributed by atoms with Gasteiger partial charge in [0.15, 0.2) is 0 Å². The van der Waals surface area contributed by atoms with Gasteiger partial charge in [-0.3, -0.25) is 9.88 Å². The fraction of sp³-hybridized carbons (Fsp3) is 0.278. The fourth-order valence-electron chi connectivity index (χ4n) is 3.18. The average Bonchev–Trinajstić information content (AvgIpc) is 2.63. The highest BCUT2D eigenvalue weighted by Crippen LogP contribution is 2.24. The normalized spacial score (nSPS) is 15.8. The largest absolute Gasteiger partial charge is 0.383 e. The molecule has 6 heteroatoms. The summed E-state index contributed by atoms with van der Waals surface area (Å²) in [5, 5.41) is 0.924. The van der Waals surface area contributed by atoms with Crippen molar-refractivity contribution in [3.05, 3.63) is 54.6 Å². The van der Waals surface area contributed by atoms with Gasteiger partial charge in [0.2, 0.25) is 0 Å². The molecule has 1 aliphatic heterocycles. The second-order valence-electron chi connectivity index (χ2n) is 6.08. The van der Waals surface area contributed by atoms with E-state index in [4.69, 9.17) is 5.73 Å². The molecular weight excluding hydrogens is 300 g/mol. The molecule has 4 rings (SSSR count). The van der Waals surface area contributed by atoms with Gasteiger partial charge in [-0.25, -0.2) is 9.97 Å². The number of nitrogens with zero attached hydrogens (tertiary/aromatic N) is 5. The van der Waals surface area contributed by atoms with E-state index in [0.29, 0.717) is 5.82 Å². The Morgan fingerprint density at radius 1 is 1.04 bits per heavy atom. The number of anilines is 2. The van der Waals surface area contributed by atoms with E-state index in [0.717, 1.165) is 43.6 Å². The van der Waals surface area contributed by atoms with E-state index in [1.165, 1.54) is 17.6 Å². The first-order valence-corrected chi connectivity index (χ1v) is 8.16. The van der Waals surface area contributed by atoms with Crippen molar-refractivity contribution < 1.29 is 0 Å². The SMILES string of the molecule is Nc1ncnc2ccc(N3CCN(Cc4cccnc4)CC3)cc12. The Labute approximate surface area is 141 Å². The zero-order valence-corrected chi connectivity index (χ0v) is 13.5. The molecule has 0 amide bonds. The third-order valence-corrected chi connectivity index (χ3v) is 4.52. The average molecular weight is 320 g/mol. The van der Waals surface area contributed by atoms with Crippen LogP contribution >= 0.6 is 0 Å². The Hall–Kier alpha value is -2.73. The van der Waals surface area contributed by atoms with Crippen molar-refractivity contribution in [3.63, 3.8) is 0 Å². The van der Waals surface area contributed by atoms with Crippen LogP contribution < -0.4 is 10.6 Å². The quantitative estimate of drug-likeness (QED) is 0.795. The van der Waals surface area contributed by atoms with Gasteiger partial charge in [0.1, 0.15) is 12.1 Å². The molecule has 3 aromatic rings. The standard InChI is InChI=1S/C18H20N6/c19-18-16-10-15(3-4-17(16)21-13-22-18)24-8-6-23(7-9-24)12-14-2-1-5-20-11-14/h1-5,10-11,13H,6-9,12H2,(H2,19,21,22). The van der Waals surface area contributed by atoms with Gasteiger partial charge in [-0.2, -0.15) is 0 Å². The molecule has 0 radical (unpaired) electrons. The molecule has 1 aliphatic rings. The molecule has 122 valence electrons. The molecule has 0 atom stereocenters. The number of benzene rings is 1. The van der Waals surface area contributed by atoms with E-state index < -0.39 is 0 Å². The maximum atomic E-state index is 5.98. The third-order valence-electron chi connectivity index (χ3n) is 4.52. The summed E-state index contributed by atoms with van der Waals surface area (Å²) in [6, 6.07) is 10.4. The number of fused-ring (bicyclic) bond motifs is 1. The molecule has 1 saturated heterocycles. The predicted octanol–water partition coefficient (Wildman–Crippen LogP) is 1.93. The lowest BCUT2D eigenvalue weighted by atomic mass is 10.1. The number of piperazine rings is 1. The van der Waals surface area contributed by atoms with Crippen LogP contribution in [0.5, 0.6) is 0 Å². The minimum absolute atomic E-state index is 0.539. The van der Waals surface area contributed by atoms with Crippen LogP contribution in [-0.2, 0) is 6.54 Å². The fourth-order valence-corrected chi connectivity index (χ4v) is 3.18. The number of nitrogen functional groups attached to an aromatic ring is 1. The van der Waals surface area contributed by atoms with Crippen molar-refractivity contribution in [1.29, 1.82) is 0 Å². The zero-order chi connectivity index (χ0) is 16.4. The molecule has 0 aliphatic carbocycles. The molecule has 2 N–H and O–H groups in total. The summed E-state index contributed by atoms with van der Waals surface area (Å²) in [7, 11) is 0. The maximum absolute atomic E-state index is 5.98. The van der Waals surface area contributed by atoms with Gasteiger partial charge in [-0.15, -0.1) is 0 Å². The van der Waals surface area contributed by atoms with Gasteiger partial charge in [0.25, 0.3) is 0 Å². The molecule has 0 saturated carbocycles.